The van der Waals surface area contributed by atoms with E-state index in [4.69, 9.17) is 0 Å². The van der Waals surface area contributed by atoms with Gasteiger partial charge in [-0.3, -0.25) is 0 Å². The summed E-state index contributed by atoms with van der Waals surface area (Å²) in [5, 5.41) is 12.2. The van der Waals surface area contributed by atoms with Crippen molar-refractivity contribution in [2.45, 2.75) is 32.2 Å². The van der Waals surface area contributed by atoms with Crippen molar-refractivity contribution >= 4 is 11.9 Å². The van der Waals surface area contributed by atoms with Gasteiger partial charge in [0, 0.05) is 19.4 Å². The molecule has 5 nitrogen and oxygen atoms in total. The Morgan fingerprint density at radius 2 is 2.20 bits per heavy atom. The van der Waals surface area contributed by atoms with Crippen molar-refractivity contribution in [1.29, 1.82) is 0 Å². The van der Waals surface area contributed by atoms with E-state index in [1.807, 2.05) is 20.9 Å². The fourth-order valence-corrected chi connectivity index (χ4v) is 1.48. The minimum atomic E-state index is -0.918. The lowest BCUT2D eigenvalue weighted by Crippen LogP contribution is -2.45. The molecule has 1 rings (SSSR count). The summed E-state index contributed by atoms with van der Waals surface area (Å²) in [6.07, 6.45) is 4.46. The number of carboxylic acid groups (broad SMARTS) is 1. The Hall–Kier alpha value is -1.52. The van der Waals surface area contributed by atoms with Crippen LogP contribution in [0.3, 0.4) is 0 Å². The number of imidazole rings is 1. The standard InChI is InChI=1S/C10H17N3O2/c1-4-10(5-2,8(14)15)12-9-11-6-7-13(9)3/h6-7H,4-5H2,1-3H3,(H,11,12)(H,14,15). The number of rotatable bonds is 5. The molecule has 0 aromatic carbocycles. The number of hydrogen-bond acceptors (Lipinski definition) is 3. The zero-order valence-electron chi connectivity index (χ0n) is 9.32. The number of aromatic nitrogens is 2. The minimum absolute atomic E-state index is 0.520. The van der Waals surface area contributed by atoms with Gasteiger partial charge in [0.25, 0.3) is 0 Å². The van der Waals surface area contributed by atoms with Gasteiger partial charge in [-0.2, -0.15) is 0 Å². The third kappa shape index (κ3) is 2.11. The normalized spacial score (nSPS) is 11.4. The van der Waals surface area contributed by atoms with Crippen molar-refractivity contribution in [3.8, 4) is 0 Å². The second-order valence-electron chi connectivity index (χ2n) is 3.58. The van der Waals surface area contributed by atoms with Gasteiger partial charge in [0.1, 0.15) is 5.54 Å². The summed E-state index contributed by atoms with van der Waals surface area (Å²) in [6.45, 7) is 3.71. The molecule has 1 heterocycles. The average Bonchev–Trinajstić information content (AvgIpc) is 2.60. The molecule has 0 saturated carbocycles. The van der Waals surface area contributed by atoms with Crippen molar-refractivity contribution in [3.05, 3.63) is 12.4 Å². The van der Waals surface area contributed by atoms with Crippen LogP contribution >= 0.6 is 0 Å². The molecule has 0 aliphatic rings. The summed E-state index contributed by atoms with van der Waals surface area (Å²) in [6, 6.07) is 0. The first-order valence-corrected chi connectivity index (χ1v) is 5.04. The molecule has 0 bridgehead atoms. The maximum absolute atomic E-state index is 11.2. The Morgan fingerprint density at radius 3 is 2.53 bits per heavy atom. The lowest BCUT2D eigenvalue weighted by molar-refractivity contribution is -0.142. The smallest absolute Gasteiger partial charge is 0.329 e. The lowest BCUT2D eigenvalue weighted by Gasteiger charge is -2.28. The molecule has 5 heteroatoms. The molecule has 0 spiro atoms. The number of aryl methyl sites for hydroxylation is 1. The highest BCUT2D eigenvalue weighted by Crippen LogP contribution is 2.21. The Labute approximate surface area is 89.1 Å². The first-order valence-electron chi connectivity index (χ1n) is 5.04. The Morgan fingerprint density at radius 1 is 1.60 bits per heavy atom. The van der Waals surface area contributed by atoms with Crippen LogP contribution in [0.4, 0.5) is 5.95 Å². The Bertz CT molecular complexity index is 342. The predicted molar refractivity (Wildman–Crippen MR) is 57.8 cm³/mol. The van der Waals surface area contributed by atoms with Gasteiger partial charge in [0.15, 0.2) is 0 Å². The van der Waals surface area contributed by atoms with Gasteiger partial charge in [-0.15, -0.1) is 0 Å². The van der Waals surface area contributed by atoms with Gasteiger partial charge in [0.2, 0.25) is 5.95 Å². The Kier molecular flexibility index (Phi) is 3.34. The first-order chi connectivity index (χ1) is 7.05. The SMILES string of the molecule is CCC(CC)(Nc1nccn1C)C(=O)O. The van der Waals surface area contributed by atoms with Crippen LogP contribution < -0.4 is 5.32 Å². The topological polar surface area (TPSA) is 67.2 Å². The molecular weight excluding hydrogens is 194 g/mol. The summed E-state index contributed by atoms with van der Waals surface area (Å²) in [7, 11) is 1.83. The second kappa shape index (κ2) is 4.33. The predicted octanol–water partition coefficient (Wildman–Crippen LogP) is 1.48. The van der Waals surface area contributed by atoms with Crippen LogP contribution in [0.1, 0.15) is 26.7 Å². The maximum Gasteiger partial charge on any atom is 0.329 e. The monoisotopic (exact) mass is 211 g/mol. The van der Waals surface area contributed by atoms with Crippen molar-refractivity contribution in [3.63, 3.8) is 0 Å². The van der Waals surface area contributed by atoms with Crippen molar-refractivity contribution in [1.82, 2.24) is 9.55 Å². The highest BCUT2D eigenvalue weighted by Gasteiger charge is 2.35. The molecule has 0 atom stereocenters. The van der Waals surface area contributed by atoms with Gasteiger partial charge in [0.05, 0.1) is 0 Å². The zero-order chi connectivity index (χ0) is 11.5. The lowest BCUT2D eigenvalue weighted by atomic mass is 9.93. The second-order valence-corrected chi connectivity index (χ2v) is 3.58. The third-order valence-corrected chi connectivity index (χ3v) is 2.79. The van der Waals surface area contributed by atoms with Crippen LogP contribution in [0, 0.1) is 0 Å². The molecule has 1 aromatic rings. The van der Waals surface area contributed by atoms with Gasteiger partial charge in [-0.05, 0) is 12.8 Å². The summed E-state index contributed by atoms with van der Waals surface area (Å²) >= 11 is 0. The molecule has 0 amide bonds. The van der Waals surface area contributed by atoms with Crippen LogP contribution in [-0.2, 0) is 11.8 Å². The van der Waals surface area contributed by atoms with E-state index in [9.17, 15) is 9.90 Å². The highest BCUT2D eigenvalue weighted by molar-refractivity contribution is 5.82. The summed E-state index contributed by atoms with van der Waals surface area (Å²) in [5.41, 5.74) is -0.918. The van der Waals surface area contributed by atoms with Crippen molar-refractivity contribution in [2.75, 3.05) is 5.32 Å². The van der Waals surface area contributed by atoms with Crippen LogP contribution in [0.15, 0.2) is 12.4 Å². The zero-order valence-corrected chi connectivity index (χ0v) is 9.32. The molecule has 0 fully saturated rings. The number of hydrogen-bond donors (Lipinski definition) is 2. The quantitative estimate of drug-likeness (QED) is 0.774. The summed E-state index contributed by atoms with van der Waals surface area (Å²) in [5.74, 6) is -0.253. The van der Waals surface area contributed by atoms with Crippen LogP contribution in [0.5, 0.6) is 0 Å². The number of carboxylic acids is 1. The number of anilines is 1. The van der Waals surface area contributed by atoms with Crippen LogP contribution in [0.25, 0.3) is 0 Å². The molecule has 15 heavy (non-hydrogen) atoms. The molecule has 0 saturated heterocycles. The van der Waals surface area contributed by atoms with Crippen molar-refractivity contribution < 1.29 is 9.90 Å². The molecule has 0 aliphatic heterocycles. The molecule has 1 aromatic heterocycles. The molecule has 2 N–H and O–H groups in total. The first kappa shape index (κ1) is 11.6. The fourth-order valence-electron chi connectivity index (χ4n) is 1.48. The minimum Gasteiger partial charge on any atom is -0.480 e. The molecule has 84 valence electrons. The van der Waals surface area contributed by atoms with Crippen LogP contribution in [0.2, 0.25) is 0 Å². The van der Waals surface area contributed by atoms with E-state index < -0.39 is 11.5 Å². The summed E-state index contributed by atoms with van der Waals surface area (Å²) in [4.78, 5) is 15.3. The largest absolute Gasteiger partial charge is 0.480 e. The van der Waals surface area contributed by atoms with E-state index in [-0.39, 0.29) is 0 Å². The fraction of sp³-hybridized carbons (Fsp3) is 0.600. The maximum atomic E-state index is 11.2. The van der Waals surface area contributed by atoms with Gasteiger partial charge in [-0.25, -0.2) is 9.78 Å². The molecule has 0 aliphatic carbocycles. The third-order valence-electron chi connectivity index (χ3n) is 2.79. The number of nitrogens with zero attached hydrogens (tertiary/aromatic N) is 2. The van der Waals surface area contributed by atoms with Gasteiger partial charge >= 0.3 is 5.97 Å². The average molecular weight is 211 g/mol. The molecular formula is C10H17N3O2. The molecule has 0 unspecified atom stereocenters. The summed E-state index contributed by atoms with van der Waals surface area (Å²) < 4.78 is 1.77. The van der Waals surface area contributed by atoms with Gasteiger partial charge < -0.3 is 15.0 Å². The van der Waals surface area contributed by atoms with Crippen LogP contribution in [-0.4, -0.2) is 26.2 Å². The number of nitrogens with one attached hydrogen (secondary N) is 1. The van der Waals surface area contributed by atoms with E-state index in [1.54, 1.807) is 17.0 Å². The number of carbonyl (C=O) groups is 1. The Balaban J connectivity index is 2.93. The van der Waals surface area contributed by atoms with E-state index in [1.165, 1.54) is 0 Å². The highest BCUT2D eigenvalue weighted by atomic mass is 16.4. The van der Waals surface area contributed by atoms with E-state index in [0.717, 1.165) is 0 Å². The van der Waals surface area contributed by atoms with E-state index >= 15 is 0 Å². The van der Waals surface area contributed by atoms with E-state index in [0.29, 0.717) is 18.8 Å². The van der Waals surface area contributed by atoms with Gasteiger partial charge in [-0.1, -0.05) is 13.8 Å². The van der Waals surface area contributed by atoms with Crippen molar-refractivity contribution in [2.24, 2.45) is 7.05 Å². The molecule has 0 radical (unpaired) electrons. The van der Waals surface area contributed by atoms with E-state index in [2.05, 4.69) is 10.3 Å². The number of aliphatic carboxylic acids is 1.